The topological polar surface area (TPSA) is 24.9 Å². The molecule has 0 spiro atoms. The van der Waals surface area contributed by atoms with Crippen LogP contribution < -0.4 is 5.32 Å². The summed E-state index contributed by atoms with van der Waals surface area (Å²) in [5.74, 6) is -0.277. The van der Waals surface area contributed by atoms with E-state index in [1.807, 2.05) is 18.4 Å². The molecule has 0 fully saturated rings. The first-order chi connectivity index (χ1) is 9.78. The lowest BCUT2D eigenvalue weighted by Gasteiger charge is -2.14. The van der Waals surface area contributed by atoms with Crippen LogP contribution in [0.3, 0.4) is 0 Å². The Labute approximate surface area is 123 Å². The smallest absolute Gasteiger partial charge is 0.141 e. The predicted molar refractivity (Wildman–Crippen MR) is 80.7 cm³/mol. The van der Waals surface area contributed by atoms with Crippen molar-refractivity contribution in [2.24, 2.45) is 0 Å². The molecule has 2 aromatic rings. The zero-order chi connectivity index (χ0) is 13.9. The van der Waals surface area contributed by atoms with Crippen LogP contribution in [0, 0.1) is 5.82 Å². The van der Waals surface area contributed by atoms with Crippen molar-refractivity contribution >= 4 is 11.3 Å². The van der Waals surface area contributed by atoms with Crippen molar-refractivity contribution in [2.45, 2.75) is 38.1 Å². The summed E-state index contributed by atoms with van der Waals surface area (Å²) in [7, 11) is 1.92. The van der Waals surface area contributed by atoms with Crippen LogP contribution in [0.5, 0.6) is 0 Å². The van der Waals surface area contributed by atoms with Crippen LogP contribution in [-0.2, 0) is 12.8 Å². The van der Waals surface area contributed by atoms with E-state index in [-0.39, 0.29) is 11.9 Å². The van der Waals surface area contributed by atoms with Gasteiger partial charge in [-0.25, -0.2) is 4.39 Å². The number of hydrogen-bond donors (Lipinski definition) is 1. The van der Waals surface area contributed by atoms with Gasteiger partial charge in [-0.3, -0.25) is 4.98 Å². The maximum Gasteiger partial charge on any atom is 0.141 e. The zero-order valence-corrected chi connectivity index (χ0v) is 12.5. The van der Waals surface area contributed by atoms with Crippen molar-refractivity contribution in [1.82, 2.24) is 10.3 Å². The minimum absolute atomic E-state index is 0.0372. The first-order valence-electron chi connectivity index (χ1n) is 7.17. The van der Waals surface area contributed by atoms with E-state index in [0.29, 0.717) is 0 Å². The van der Waals surface area contributed by atoms with Crippen LogP contribution in [0.15, 0.2) is 24.5 Å². The Bertz CT molecular complexity index is 570. The van der Waals surface area contributed by atoms with E-state index in [9.17, 15) is 4.39 Å². The first kappa shape index (κ1) is 13.7. The van der Waals surface area contributed by atoms with Gasteiger partial charge in [-0.05, 0) is 56.0 Å². The summed E-state index contributed by atoms with van der Waals surface area (Å²) in [4.78, 5) is 6.75. The molecule has 1 aliphatic rings. The molecule has 0 aliphatic heterocycles. The molecule has 2 aromatic heterocycles. The second kappa shape index (κ2) is 6.02. The highest BCUT2D eigenvalue weighted by molar-refractivity contribution is 7.12. The lowest BCUT2D eigenvalue weighted by Crippen LogP contribution is -2.16. The van der Waals surface area contributed by atoms with Gasteiger partial charge in [0.2, 0.25) is 0 Å². The predicted octanol–water partition coefficient (Wildman–Crippen LogP) is 3.86. The lowest BCUT2D eigenvalue weighted by atomic mass is 10.1. The van der Waals surface area contributed by atoms with Crippen molar-refractivity contribution in [2.75, 3.05) is 7.05 Å². The Morgan fingerprint density at radius 2 is 2.05 bits per heavy atom. The second-order valence-corrected chi connectivity index (χ2v) is 6.48. The Morgan fingerprint density at radius 3 is 2.85 bits per heavy atom. The Balaban J connectivity index is 1.93. The van der Waals surface area contributed by atoms with Gasteiger partial charge in [-0.2, -0.15) is 0 Å². The molecule has 0 saturated heterocycles. The van der Waals surface area contributed by atoms with E-state index >= 15 is 0 Å². The molecule has 20 heavy (non-hydrogen) atoms. The molecule has 0 bridgehead atoms. The summed E-state index contributed by atoms with van der Waals surface area (Å²) in [5.41, 5.74) is 2.39. The number of nitrogens with one attached hydrogen (secondary N) is 1. The van der Waals surface area contributed by atoms with Crippen LogP contribution in [0.25, 0.3) is 0 Å². The molecule has 0 aromatic carbocycles. The van der Waals surface area contributed by atoms with Crippen LogP contribution >= 0.6 is 11.3 Å². The maximum atomic E-state index is 13.4. The van der Waals surface area contributed by atoms with Crippen LogP contribution in [0.4, 0.5) is 4.39 Å². The molecular weight excluding hydrogens is 271 g/mol. The number of rotatable bonds is 3. The van der Waals surface area contributed by atoms with E-state index in [4.69, 9.17) is 0 Å². The average molecular weight is 290 g/mol. The van der Waals surface area contributed by atoms with Crippen molar-refractivity contribution in [1.29, 1.82) is 0 Å². The van der Waals surface area contributed by atoms with Gasteiger partial charge in [0.25, 0.3) is 0 Å². The minimum Gasteiger partial charge on any atom is -0.309 e. The van der Waals surface area contributed by atoms with Crippen LogP contribution in [-0.4, -0.2) is 12.0 Å². The van der Waals surface area contributed by atoms with E-state index in [2.05, 4.69) is 16.4 Å². The van der Waals surface area contributed by atoms with Crippen molar-refractivity contribution in [3.63, 3.8) is 0 Å². The van der Waals surface area contributed by atoms with E-state index in [0.717, 1.165) is 5.56 Å². The third-order valence-corrected chi connectivity index (χ3v) is 5.20. The second-order valence-electron chi connectivity index (χ2n) is 5.32. The number of thiophene rings is 1. The largest absolute Gasteiger partial charge is 0.309 e. The first-order valence-corrected chi connectivity index (χ1v) is 7.99. The number of pyridine rings is 1. The quantitative estimate of drug-likeness (QED) is 0.868. The third kappa shape index (κ3) is 2.76. The van der Waals surface area contributed by atoms with E-state index in [1.165, 1.54) is 53.6 Å². The molecule has 1 N–H and O–H groups in total. The van der Waals surface area contributed by atoms with Gasteiger partial charge in [-0.1, -0.05) is 6.42 Å². The SMILES string of the molecule is CNC(c1cncc(F)c1)c1cc2c(s1)CCCCC2. The van der Waals surface area contributed by atoms with Crippen LogP contribution in [0.2, 0.25) is 0 Å². The molecule has 106 valence electrons. The molecular formula is C16H19FN2S. The fourth-order valence-corrected chi connectivity index (χ4v) is 4.29. The Morgan fingerprint density at radius 1 is 1.20 bits per heavy atom. The molecule has 1 atom stereocenters. The molecule has 0 radical (unpaired) electrons. The fraction of sp³-hybridized carbons (Fsp3) is 0.438. The summed E-state index contributed by atoms with van der Waals surface area (Å²) in [6.45, 7) is 0. The van der Waals surface area contributed by atoms with Gasteiger partial charge in [0.15, 0.2) is 0 Å². The highest BCUT2D eigenvalue weighted by Crippen LogP contribution is 2.34. The number of hydrogen-bond acceptors (Lipinski definition) is 3. The zero-order valence-electron chi connectivity index (χ0n) is 11.7. The standard InChI is InChI=1S/C16H19FN2S/c1-18-16(12-7-13(17)10-19-9-12)15-8-11-5-3-2-4-6-14(11)20-15/h7-10,16,18H,2-6H2,1H3. The summed E-state index contributed by atoms with van der Waals surface area (Å²) in [6, 6.07) is 3.91. The minimum atomic E-state index is -0.277. The van der Waals surface area contributed by atoms with Crippen molar-refractivity contribution in [3.8, 4) is 0 Å². The van der Waals surface area contributed by atoms with Gasteiger partial charge >= 0.3 is 0 Å². The Hall–Kier alpha value is -1.26. The molecule has 2 nitrogen and oxygen atoms in total. The molecule has 0 saturated carbocycles. The van der Waals surface area contributed by atoms with E-state index < -0.39 is 0 Å². The number of halogens is 1. The number of fused-ring (bicyclic) bond motifs is 1. The van der Waals surface area contributed by atoms with Gasteiger partial charge in [0.1, 0.15) is 5.82 Å². The Kier molecular flexibility index (Phi) is 4.13. The summed E-state index contributed by atoms with van der Waals surface area (Å²) >= 11 is 1.87. The summed E-state index contributed by atoms with van der Waals surface area (Å²) in [5, 5.41) is 3.29. The van der Waals surface area contributed by atoms with Gasteiger partial charge in [0, 0.05) is 16.0 Å². The summed E-state index contributed by atoms with van der Waals surface area (Å²) in [6.07, 6.45) is 9.28. The monoisotopic (exact) mass is 290 g/mol. The highest BCUT2D eigenvalue weighted by atomic mass is 32.1. The van der Waals surface area contributed by atoms with Crippen molar-refractivity contribution in [3.05, 3.63) is 51.2 Å². The fourth-order valence-electron chi connectivity index (χ4n) is 2.89. The highest BCUT2D eigenvalue weighted by Gasteiger charge is 2.19. The molecule has 0 amide bonds. The number of aromatic nitrogens is 1. The molecule has 4 heteroatoms. The lowest BCUT2D eigenvalue weighted by molar-refractivity contribution is 0.610. The van der Waals surface area contributed by atoms with Gasteiger partial charge in [-0.15, -0.1) is 11.3 Å². The molecule has 3 rings (SSSR count). The molecule has 1 aliphatic carbocycles. The van der Waals surface area contributed by atoms with Crippen LogP contribution in [0.1, 0.15) is 46.2 Å². The molecule has 2 heterocycles. The summed E-state index contributed by atoms with van der Waals surface area (Å²) < 4.78 is 13.4. The van der Waals surface area contributed by atoms with Crippen molar-refractivity contribution < 1.29 is 4.39 Å². The third-order valence-electron chi connectivity index (χ3n) is 3.90. The number of aryl methyl sites for hydroxylation is 2. The van der Waals surface area contributed by atoms with Gasteiger partial charge in [0.05, 0.1) is 12.2 Å². The average Bonchev–Trinajstić information content (AvgIpc) is 2.70. The normalized spacial score (nSPS) is 16.5. The van der Waals surface area contributed by atoms with E-state index in [1.54, 1.807) is 12.3 Å². The maximum absolute atomic E-state index is 13.4. The number of nitrogens with zero attached hydrogens (tertiary/aromatic N) is 1. The van der Waals surface area contributed by atoms with Gasteiger partial charge < -0.3 is 5.32 Å². The molecule has 1 unspecified atom stereocenters.